The van der Waals surface area contributed by atoms with Gasteiger partial charge in [0.05, 0.1) is 19.3 Å². The summed E-state index contributed by atoms with van der Waals surface area (Å²) in [6.07, 6.45) is 4.26. The van der Waals surface area contributed by atoms with Crippen LogP contribution in [0.1, 0.15) is 18.4 Å². The predicted octanol–water partition coefficient (Wildman–Crippen LogP) is 2.87. The zero-order chi connectivity index (χ0) is 22.3. The second-order valence-electron chi connectivity index (χ2n) is 8.97. The van der Waals surface area contributed by atoms with Crippen LogP contribution in [0.25, 0.3) is 0 Å². The molecule has 172 valence electrons. The smallest absolute Gasteiger partial charge is 0.238 e. The highest BCUT2D eigenvalue weighted by molar-refractivity contribution is 5.93. The number of piperidine rings is 1. The number of anilines is 2. The highest BCUT2D eigenvalue weighted by Gasteiger charge is 2.26. The SMILES string of the molecule is COc1ccc(C)cc1NC(=O)CN1CCCC(CN2CCN(c3ccccn3)CC2)C1. The van der Waals surface area contributed by atoms with Gasteiger partial charge in [0.15, 0.2) is 0 Å². The van der Waals surface area contributed by atoms with Crippen molar-refractivity contribution in [3.05, 3.63) is 48.2 Å². The van der Waals surface area contributed by atoms with Crippen LogP contribution in [0.3, 0.4) is 0 Å². The normalized spacial score (nSPS) is 20.2. The second kappa shape index (κ2) is 10.8. The van der Waals surface area contributed by atoms with E-state index in [4.69, 9.17) is 4.74 Å². The number of nitrogens with zero attached hydrogens (tertiary/aromatic N) is 4. The third-order valence-corrected chi connectivity index (χ3v) is 6.46. The molecule has 1 unspecified atom stereocenters. The lowest BCUT2D eigenvalue weighted by molar-refractivity contribution is -0.117. The average molecular weight is 438 g/mol. The number of pyridine rings is 1. The van der Waals surface area contributed by atoms with Crippen molar-refractivity contribution in [1.29, 1.82) is 0 Å². The first kappa shape index (κ1) is 22.6. The molecule has 7 nitrogen and oxygen atoms in total. The lowest BCUT2D eigenvalue weighted by Crippen LogP contribution is -2.50. The number of hydrogen-bond acceptors (Lipinski definition) is 6. The summed E-state index contributed by atoms with van der Waals surface area (Å²) in [5, 5.41) is 3.04. The summed E-state index contributed by atoms with van der Waals surface area (Å²) in [6, 6.07) is 11.9. The maximum absolute atomic E-state index is 12.7. The number of hydrogen-bond donors (Lipinski definition) is 1. The lowest BCUT2D eigenvalue weighted by Gasteiger charge is -2.39. The Balaban J connectivity index is 1.23. The van der Waals surface area contributed by atoms with E-state index < -0.39 is 0 Å². The largest absolute Gasteiger partial charge is 0.495 e. The van der Waals surface area contributed by atoms with Gasteiger partial charge >= 0.3 is 0 Å². The van der Waals surface area contributed by atoms with Crippen molar-refractivity contribution in [1.82, 2.24) is 14.8 Å². The molecule has 7 heteroatoms. The summed E-state index contributed by atoms with van der Waals surface area (Å²) in [6.45, 7) is 9.71. The molecular weight excluding hydrogens is 402 g/mol. The van der Waals surface area contributed by atoms with Crippen LogP contribution in [0.15, 0.2) is 42.6 Å². The molecule has 1 amide bonds. The van der Waals surface area contributed by atoms with Crippen LogP contribution in [0, 0.1) is 12.8 Å². The molecule has 2 fully saturated rings. The molecular formula is C25H35N5O2. The van der Waals surface area contributed by atoms with Gasteiger partial charge < -0.3 is 15.0 Å². The fraction of sp³-hybridized carbons (Fsp3) is 0.520. The first-order valence-corrected chi connectivity index (χ1v) is 11.7. The summed E-state index contributed by atoms with van der Waals surface area (Å²) in [5.41, 5.74) is 1.85. The van der Waals surface area contributed by atoms with Gasteiger partial charge in [0.2, 0.25) is 5.91 Å². The van der Waals surface area contributed by atoms with Crippen molar-refractivity contribution in [3.8, 4) is 5.75 Å². The number of nitrogens with one attached hydrogen (secondary N) is 1. The molecule has 0 aliphatic carbocycles. The van der Waals surface area contributed by atoms with E-state index in [1.807, 2.05) is 37.4 Å². The van der Waals surface area contributed by atoms with E-state index in [-0.39, 0.29) is 5.91 Å². The van der Waals surface area contributed by atoms with Gasteiger partial charge in [-0.3, -0.25) is 14.6 Å². The Bertz CT molecular complexity index is 883. The van der Waals surface area contributed by atoms with E-state index in [0.29, 0.717) is 18.2 Å². The summed E-state index contributed by atoms with van der Waals surface area (Å²) in [5.74, 6) is 2.42. The number of aryl methyl sites for hydroxylation is 1. The zero-order valence-corrected chi connectivity index (χ0v) is 19.3. The Kier molecular flexibility index (Phi) is 7.60. The molecule has 1 atom stereocenters. The number of piperazine rings is 1. The first-order valence-electron chi connectivity index (χ1n) is 11.7. The molecule has 2 aliphatic rings. The summed E-state index contributed by atoms with van der Waals surface area (Å²) < 4.78 is 5.39. The maximum atomic E-state index is 12.7. The molecule has 4 rings (SSSR count). The Morgan fingerprint density at radius 3 is 2.72 bits per heavy atom. The lowest BCUT2D eigenvalue weighted by atomic mass is 9.97. The molecule has 1 aromatic carbocycles. The van der Waals surface area contributed by atoms with E-state index in [1.165, 1.54) is 6.42 Å². The van der Waals surface area contributed by atoms with Crippen molar-refractivity contribution >= 4 is 17.4 Å². The third kappa shape index (κ3) is 5.99. The number of likely N-dealkylation sites (tertiary alicyclic amines) is 1. The van der Waals surface area contributed by atoms with Crippen LogP contribution >= 0.6 is 0 Å². The molecule has 1 aromatic heterocycles. The van der Waals surface area contributed by atoms with E-state index in [2.05, 4.69) is 37.1 Å². The monoisotopic (exact) mass is 437 g/mol. The highest BCUT2D eigenvalue weighted by atomic mass is 16.5. The molecule has 0 bridgehead atoms. The van der Waals surface area contributed by atoms with Crippen LogP contribution in [0.2, 0.25) is 0 Å². The van der Waals surface area contributed by atoms with Crippen LogP contribution in [-0.4, -0.2) is 80.2 Å². The van der Waals surface area contributed by atoms with Crippen molar-refractivity contribution in [2.75, 3.05) is 69.7 Å². The Morgan fingerprint density at radius 1 is 1.12 bits per heavy atom. The number of amides is 1. The molecule has 2 saturated heterocycles. The van der Waals surface area contributed by atoms with E-state index >= 15 is 0 Å². The molecule has 32 heavy (non-hydrogen) atoms. The van der Waals surface area contributed by atoms with Gasteiger partial charge in [0.1, 0.15) is 11.6 Å². The molecule has 0 radical (unpaired) electrons. The van der Waals surface area contributed by atoms with Gasteiger partial charge in [-0.05, 0) is 62.1 Å². The van der Waals surface area contributed by atoms with Crippen molar-refractivity contribution < 1.29 is 9.53 Å². The number of carbonyl (C=O) groups excluding carboxylic acids is 1. The number of aromatic nitrogens is 1. The predicted molar refractivity (Wildman–Crippen MR) is 128 cm³/mol. The standard InChI is InChI=1S/C25H35N5O2/c1-20-8-9-23(32-2)22(16-20)27-25(31)19-29-11-5-6-21(18-29)17-28-12-14-30(15-13-28)24-7-3-4-10-26-24/h3-4,7-10,16,21H,5-6,11-15,17-19H2,1-2H3,(H,27,31). The van der Waals surface area contributed by atoms with Gasteiger partial charge in [-0.15, -0.1) is 0 Å². The molecule has 0 saturated carbocycles. The van der Waals surface area contributed by atoms with Crippen LogP contribution in [0.4, 0.5) is 11.5 Å². The van der Waals surface area contributed by atoms with E-state index in [1.54, 1.807) is 7.11 Å². The number of rotatable bonds is 7. The van der Waals surface area contributed by atoms with E-state index in [9.17, 15) is 4.79 Å². The Morgan fingerprint density at radius 2 is 1.97 bits per heavy atom. The fourth-order valence-corrected chi connectivity index (χ4v) is 4.82. The summed E-state index contributed by atoms with van der Waals surface area (Å²) in [4.78, 5) is 24.4. The van der Waals surface area contributed by atoms with E-state index in [0.717, 1.165) is 69.3 Å². The Labute approximate surface area is 191 Å². The van der Waals surface area contributed by atoms with Gasteiger partial charge in [0.25, 0.3) is 0 Å². The quantitative estimate of drug-likeness (QED) is 0.719. The first-order chi connectivity index (χ1) is 15.6. The Hall–Kier alpha value is -2.64. The number of carbonyl (C=O) groups is 1. The number of methoxy groups -OCH3 is 1. The second-order valence-corrected chi connectivity index (χ2v) is 8.97. The minimum atomic E-state index is 0.0264. The minimum absolute atomic E-state index is 0.0264. The molecule has 2 aliphatic heterocycles. The number of benzene rings is 1. The van der Waals surface area contributed by atoms with Gasteiger partial charge in [0, 0.05) is 45.5 Å². The van der Waals surface area contributed by atoms with Crippen molar-refractivity contribution in [3.63, 3.8) is 0 Å². The van der Waals surface area contributed by atoms with Crippen molar-refractivity contribution in [2.24, 2.45) is 5.92 Å². The zero-order valence-electron chi connectivity index (χ0n) is 19.3. The van der Waals surface area contributed by atoms with Crippen LogP contribution in [0.5, 0.6) is 5.75 Å². The highest BCUT2D eigenvalue weighted by Crippen LogP contribution is 2.25. The molecule has 0 spiro atoms. The van der Waals surface area contributed by atoms with Crippen molar-refractivity contribution in [2.45, 2.75) is 19.8 Å². The number of ether oxygens (including phenoxy) is 1. The van der Waals surface area contributed by atoms with Gasteiger partial charge in [-0.25, -0.2) is 4.98 Å². The molecule has 3 heterocycles. The van der Waals surface area contributed by atoms with Gasteiger partial charge in [-0.2, -0.15) is 0 Å². The topological polar surface area (TPSA) is 60.9 Å². The molecule has 2 aromatic rings. The van der Waals surface area contributed by atoms with Gasteiger partial charge in [-0.1, -0.05) is 12.1 Å². The van der Waals surface area contributed by atoms with Crippen LogP contribution in [-0.2, 0) is 4.79 Å². The average Bonchev–Trinajstić information content (AvgIpc) is 2.80. The maximum Gasteiger partial charge on any atom is 0.238 e. The molecule has 1 N–H and O–H groups in total. The minimum Gasteiger partial charge on any atom is -0.495 e. The summed E-state index contributed by atoms with van der Waals surface area (Å²) >= 11 is 0. The third-order valence-electron chi connectivity index (χ3n) is 6.46. The van der Waals surface area contributed by atoms with Crippen LogP contribution < -0.4 is 15.0 Å². The summed E-state index contributed by atoms with van der Waals surface area (Å²) in [7, 11) is 1.63. The fourth-order valence-electron chi connectivity index (χ4n) is 4.82.